The number of carbonyl (C=O) groups is 1. The van der Waals surface area contributed by atoms with Crippen molar-refractivity contribution in [2.75, 3.05) is 15.9 Å². The van der Waals surface area contributed by atoms with Gasteiger partial charge in [0.15, 0.2) is 0 Å². The van der Waals surface area contributed by atoms with Crippen molar-refractivity contribution >= 4 is 49.7 Å². The van der Waals surface area contributed by atoms with E-state index in [2.05, 4.69) is 15.5 Å². The predicted octanol–water partition coefficient (Wildman–Crippen LogP) is 3.96. The Morgan fingerprint density at radius 2 is 1.86 bits per heavy atom. The lowest BCUT2D eigenvalue weighted by atomic mass is 10.2. The molecule has 10 heteroatoms. The quantitative estimate of drug-likeness (QED) is 0.613. The molecule has 1 amide bonds. The van der Waals surface area contributed by atoms with Crippen LogP contribution in [0.25, 0.3) is 10.6 Å². The van der Waals surface area contributed by atoms with Crippen LogP contribution in [-0.2, 0) is 14.8 Å². The van der Waals surface area contributed by atoms with Gasteiger partial charge in [-0.15, -0.1) is 10.2 Å². The van der Waals surface area contributed by atoms with Gasteiger partial charge >= 0.3 is 0 Å². The minimum atomic E-state index is -3.75. The smallest absolute Gasteiger partial charge is 0.249 e. The molecule has 0 spiro atoms. The summed E-state index contributed by atoms with van der Waals surface area (Å²) in [6, 6.07) is 13.3. The molecule has 0 saturated carbocycles. The Kier molecular flexibility index (Phi) is 6.21. The van der Waals surface area contributed by atoms with Crippen molar-refractivity contribution in [2.45, 2.75) is 19.9 Å². The van der Waals surface area contributed by atoms with E-state index >= 15 is 0 Å². The summed E-state index contributed by atoms with van der Waals surface area (Å²) in [4.78, 5) is 12.8. The number of aryl methyl sites for hydroxylation is 1. The topological polar surface area (TPSA) is 92.3 Å². The van der Waals surface area contributed by atoms with Crippen LogP contribution in [-0.4, -0.2) is 36.8 Å². The number of benzene rings is 2. The van der Waals surface area contributed by atoms with Gasteiger partial charge in [-0.2, -0.15) is 0 Å². The van der Waals surface area contributed by atoms with Crippen LogP contribution in [0.4, 0.5) is 10.8 Å². The molecule has 1 N–H and O–H groups in total. The van der Waals surface area contributed by atoms with E-state index in [1.807, 2.05) is 30.3 Å². The maximum absolute atomic E-state index is 12.8. The Morgan fingerprint density at radius 1 is 1.17 bits per heavy atom. The number of hydrogen-bond donors (Lipinski definition) is 1. The summed E-state index contributed by atoms with van der Waals surface area (Å²) in [5, 5.41) is 12.0. The van der Waals surface area contributed by atoms with Gasteiger partial charge in [-0.3, -0.25) is 14.4 Å². The molecule has 0 fully saturated rings. The Morgan fingerprint density at radius 3 is 2.52 bits per heavy atom. The molecule has 0 aliphatic rings. The van der Waals surface area contributed by atoms with Gasteiger partial charge in [0.2, 0.25) is 21.1 Å². The van der Waals surface area contributed by atoms with Crippen molar-refractivity contribution in [3.63, 3.8) is 0 Å². The largest absolute Gasteiger partial charge is 0.299 e. The van der Waals surface area contributed by atoms with Gasteiger partial charge in [0.05, 0.1) is 11.9 Å². The first-order chi connectivity index (χ1) is 13.7. The number of hydrogen-bond acceptors (Lipinski definition) is 6. The molecule has 0 radical (unpaired) electrons. The van der Waals surface area contributed by atoms with Crippen LogP contribution < -0.4 is 9.62 Å². The zero-order chi connectivity index (χ0) is 21.2. The second-order valence-electron chi connectivity index (χ2n) is 6.43. The van der Waals surface area contributed by atoms with Gasteiger partial charge in [-0.05, 0) is 31.5 Å². The van der Waals surface area contributed by atoms with Crippen LogP contribution in [0.5, 0.6) is 0 Å². The van der Waals surface area contributed by atoms with Gasteiger partial charge in [-0.25, -0.2) is 8.42 Å². The molecule has 152 valence electrons. The molecule has 29 heavy (non-hydrogen) atoms. The predicted molar refractivity (Wildman–Crippen MR) is 117 cm³/mol. The molecule has 1 heterocycles. The van der Waals surface area contributed by atoms with Gasteiger partial charge < -0.3 is 0 Å². The molecule has 1 aromatic heterocycles. The van der Waals surface area contributed by atoms with Crippen LogP contribution in [0.2, 0.25) is 5.02 Å². The average molecular weight is 451 g/mol. The number of anilines is 2. The molecule has 0 unspecified atom stereocenters. The molecular weight excluding hydrogens is 432 g/mol. The van der Waals surface area contributed by atoms with Crippen LogP contribution in [0.3, 0.4) is 0 Å². The summed E-state index contributed by atoms with van der Waals surface area (Å²) < 4.78 is 26.0. The first-order valence-electron chi connectivity index (χ1n) is 8.62. The lowest BCUT2D eigenvalue weighted by Gasteiger charge is -2.29. The molecule has 0 bridgehead atoms. The highest BCUT2D eigenvalue weighted by Crippen LogP contribution is 2.30. The number of aromatic nitrogens is 2. The Balaban J connectivity index is 1.85. The number of rotatable bonds is 6. The van der Waals surface area contributed by atoms with E-state index in [-0.39, 0.29) is 5.13 Å². The highest BCUT2D eigenvalue weighted by atomic mass is 35.5. The summed E-state index contributed by atoms with van der Waals surface area (Å²) in [5.74, 6) is -0.523. The molecular formula is C19H19ClN4O3S2. The number of halogens is 1. The maximum atomic E-state index is 12.8. The van der Waals surface area contributed by atoms with E-state index in [0.717, 1.165) is 16.1 Å². The Labute approximate surface area is 178 Å². The average Bonchev–Trinajstić information content (AvgIpc) is 3.12. The maximum Gasteiger partial charge on any atom is 0.249 e. The van der Waals surface area contributed by atoms with Gasteiger partial charge in [0, 0.05) is 10.6 Å². The summed E-state index contributed by atoms with van der Waals surface area (Å²) in [7, 11) is -3.75. The third kappa shape index (κ3) is 4.92. The van der Waals surface area contributed by atoms with Crippen molar-refractivity contribution in [3.05, 3.63) is 59.1 Å². The van der Waals surface area contributed by atoms with Gasteiger partial charge in [0.1, 0.15) is 11.0 Å². The Hall–Kier alpha value is -2.49. The third-order valence-electron chi connectivity index (χ3n) is 4.17. The van der Waals surface area contributed by atoms with Crippen LogP contribution in [0, 0.1) is 6.92 Å². The lowest BCUT2D eigenvalue weighted by molar-refractivity contribution is -0.116. The van der Waals surface area contributed by atoms with E-state index in [1.165, 1.54) is 24.3 Å². The fourth-order valence-corrected chi connectivity index (χ4v) is 4.92. The third-order valence-corrected chi connectivity index (χ3v) is 6.52. The van der Waals surface area contributed by atoms with Crippen molar-refractivity contribution in [1.82, 2.24) is 10.2 Å². The van der Waals surface area contributed by atoms with Gasteiger partial charge in [0.25, 0.3) is 0 Å². The monoisotopic (exact) mass is 450 g/mol. The van der Waals surface area contributed by atoms with Crippen LogP contribution in [0.1, 0.15) is 12.5 Å². The summed E-state index contributed by atoms with van der Waals surface area (Å²) in [6.45, 7) is 3.27. The minimum absolute atomic E-state index is 0.289. The van der Waals surface area contributed by atoms with Crippen molar-refractivity contribution in [3.8, 4) is 10.6 Å². The molecule has 1 atom stereocenters. The molecule has 2 aromatic carbocycles. The van der Waals surface area contributed by atoms with Crippen molar-refractivity contribution < 1.29 is 13.2 Å². The molecule has 3 rings (SSSR count). The minimum Gasteiger partial charge on any atom is -0.299 e. The second kappa shape index (κ2) is 8.48. The number of nitrogens with zero attached hydrogens (tertiary/aromatic N) is 3. The highest BCUT2D eigenvalue weighted by Gasteiger charge is 2.31. The zero-order valence-electron chi connectivity index (χ0n) is 16.0. The highest BCUT2D eigenvalue weighted by molar-refractivity contribution is 7.92. The van der Waals surface area contributed by atoms with Crippen molar-refractivity contribution in [2.24, 2.45) is 0 Å². The number of amides is 1. The first kappa shape index (κ1) is 21.2. The summed E-state index contributed by atoms with van der Waals surface area (Å²) in [5.41, 5.74) is 1.91. The van der Waals surface area contributed by atoms with Gasteiger partial charge in [-0.1, -0.05) is 59.3 Å². The summed E-state index contributed by atoms with van der Waals surface area (Å²) >= 11 is 7.26. The molecule has 0 saturated heterocycles. The second-order valence-corrected chi connectivity index (χ2v) is 9.71. The van der Waals surface area contributed by atoms with E-state index in [0.29, 0.717) is 21.3 Å². The standard InChI is InChI=1S/C19H19ClN4O3S2/c1-12-9-10-15(20)11-16(12)24(29(3,26)27)13(2)17(25)21-19-23-22-18(28-19)14-7-5-4-6-8-14/h4-11,13H,1-3H3,(H,21,23,25)/t13-/m0/s1. The lowest BCUT2D eigenvalue weighted by Crippen LogP contribution is -2.45. The molecule has 3 aromatic rings. The first-order valence-corrected chi connectivity index (χ1v) is 11.7. The van der Waals surface area contributed by atoms with E-state index in [9.17, 15) is 13.2 Å². The normalized spacial score (nSPS) is 12.4. The SMILES string of the molecule is Cc1ccc(Cl)cc1N([C@@H](C)C(=O)Nc1nnc(-c2ccccc2)s1)S(C)(=O)=O. The zero-order valence-corrected chi connectivity index (χ0v) is 18.3. The fraction of sp³-hybridized carbons (Fsp3) is 0.211. The van der Waals surface area contributed by atoms with E-state index in [1.54, 1.807) is 19.1 Å². The van der Waals surface area contributed by atoms with E-state index in [4.69, 9.17) is 11.6 Å². The van der Waals surface area contributed by atoms with Crippen LogP contribution in [0.15, 0.2) is 48.5 Å². The summed E-state index contributed by atoms with van der Waals surface area (Å²) in [6.07, 6.45) is 1.05. The van der Waals surface area contributed by atoms with Crippen molar-refractivity contribution in [1.29, 1.82) is 0 Å². The Bertz CT molecular complexity index is 1130. The van der Waals surface area contributed by atoms with E-state index < -0.39 is 22.0 Å². The number of nitrogens with one attached hydrogen (secondary N) is 1. The number of carbonyl (C=O) groups excluding carboxylic acids is 1. The molecule has 0 aliphatic heterocycles. The molecule has 0 aliphatic carbocycles. The number of sulfonamides is 1. The van der Waals surface area contributed by atoms with Crippen LogP contribution >= 0.6 is 22.9 Å². The fourth-order valence-electron chi connectivity index (χ4n) is 2.78. The molecule has 7 nitrogen and oxygen atoms in total.